The second-order valence-electron chi connectivity index (χ2n) is 2.69. The van der Waals surface area contributed by atoms with Crippen molar-refractivity contribution in [3.8, 4) is 12.3 Å². The molecular weight excluding hydrogens is 242 g/mol. The van der Waals surface area contributed by atoms with Crippen LogP contribution in [0.3, 0.4) is 0 Å². The molecule has 4 heteroatoms. The zero-order valence-corrected chi connectivity index (χ0v) is 9.31. The van der Waals surface area contributed by atoms with Crippen molar-refractivity contribution in [1.29, 1.82) is 0 Å². The molecule has 0 fully saturated rings. The van der Waals surface area contributed by atoms with Gasteiger partial charge in [0.15, 0.2) is 0 Å². The highest BCUT2D eigenvalue weighted by Crippen LogP contribution is 2.38. The molecule has 1 N–H and O–H groups in total. The maximum atomic E-state index is 9.29. The maximum Gasteiger partial charge on any atom is 0.216 e. The van der Waals surface area contributed by atoms with E-state index in [9.17, 15) is 5.11 Å². The second-order valence-corrected chi connectivity index (χ2v) is 4.97. The molecule has 0 heterocycles. The number of hydrogen-bond acceptors (Lipinski definition) is 1. The predicted octanol–water partition coefficient (Wildman–Crippen LogP) is 3.18. The van der Waals surface area contributed by atoms with Gasteiger partial charge in [0, 0.05) is 5.56 Å². The first-order chi connectivity index (χ1) is 6.45. The summed E-state index contributed by atoms with van der Waals surface area (Å²) < 4.78 is -1.44. The zero-order valence-electron chi connectivity index (χ0n) is 7.05. The van der Waals surface area contributed by atoms with Crippen molar-refractivity contribution in [2.75, 3.05) is 0 Å². The number of rotatable bonds is 1. The van der Waals surface area contributed by atoms with Gasteiger partial charge in [-0.2, -0.15) is 0 Å². The molecule has 1 nitrogen and oxygen atoms in total. The number of benzene rings is 1. The largest absolute Gasteiger partial charge is 0.376 e. The quantitative estimate of drug-likeness (QED) is 0.599. The van der Waals surface area contributed by atoms with Gasteiger partial charge in [0.05, 0.1) is 0 Å². The minimum absolute atomic E-state index is 0.537. The van der Waals surface area contributed by atoms with E-state index < -0.39 is 9.90 Å². The molecule has 0 spiro atoms. The normalized spacial score (nSPS) is 13.4. The van der Waals surface area contributed by atoms with Crippen molar-refractivity contribution in [2.24, 2.45) is 0 Å². The first kappa shape index (κ1) is 11.7. The standard InChI is InChI=1S/C10H7Cl3O/c1-2-9(14)7-3-5-8(6-4-7)10(11,12)13/h1,3-6,9,14H. The Kier molecular flexibility index (Phi) is 3.69. The van der Waals surface area contributed by atoms with Gasteiger partial charge in [0.1, 0.15) is 6.10 Å². The maximum absolute atomic E-state index is 9.29. The predicted molar refractivity (Wildman–Crippen MR) is 59.5 cm³/mol. The Balaban J connectivity index is 2.96. The second kappa shape index (κ2) is 4.42. The van der Waals surface area contributed by atoms with E-state index in [-0.39, 0.29) is 0 Å². The average Bonchev–Trinajstić information content (AvgIpc) is 2.15. The van der Waals surface area contributed by atoms with Gasteiger partial charge in [-0.25, -0.2) is 0 Å². The summed E-state index contributed by atoms with van der Waals surface area (Å²) in [6.07, 6.45) is 4.13. The Morgan fingerprint density at radius 1 is 1.21 bits per heavy atom. The van der Waals surface area contributed by atoms with Crippen LogP contribution in [0.2, 0.25) is 0 Å². The lowest BCUT2D eigenvalue weighted by Gasteiger charge is -2.12. The molecule has 74 valence electrons. The summed E-state index contributed by atoms with van der Waals surface area (Å²) in [4.78, 5) is 0. The van der Waals surface area contributed by atoms with E-state index in [1.807, 2.05) is 0 Å². The molecule has 0 bridgehead atoms. The van der Waals surface area contributed by atoms with Crippen LogP contribution < -0.4 is 0 Å². The molecule has 0 aliphatic carbocycles. The summed E-state index contributed by atoms with van der Waals surface area (Å²) in [5.41, 5.74) is 1.14. The van der Waals surface area contributed by atoms with Gasteiger partial charge in [-0.15, -0.1) is 6.42 Å². The van der Waals surface area contributed by atoms with Crippen molar-refractivity contribution >= 4 is 34.8 Å². The average molecular weight is 250 g/mol. The lowest BCUT2D eigenvalue weighted by atomic mass is 10.1. The highest BCUT2D eigenvalue weighted by atomic mass is 35.6. The van der Waals surface area contributed by atoms with Gasteiger partial charge in [-0.3, -0.25) is 0 Å². The Labute approximate surface area is 97.6 Å². The van der Waals surface area contributed by atoms with E-state index in [1.54, 1.807) is 24.3 Å². The molecule has 0 amide bonds. The van der Waals surface area contributed by atoms with Gasteiger partial charge < -0.3 is 5.11 Å². The molecule has 1 atom stereocenters. The van der Waals surface area contributed by atoms with Gasteiger partial charge in [0.25, 0.3) is 0 Å². The Morgan fingerprint density at radius 2 is 1.71 bits per heavy atom. The van der Waals surface area contributed by atoms with Crippen LogP contribution >= 0.6 is 34.8 Å². The minimum atomic E-state index is -1.44. The highest BCUT2D eigenvalue weighted by Gasteiger charge is 2.22. The number of halogens is 3. The van der Waals surface area contributed by atoms with Crippen LogP contribution in [0.4, 0.5) is 0 Å². The summed E-state index contributed by atoms with van der Waals surface area (Å²) in [7, 11) is 0. The molecule has 0 aliphatic rings. The van der Waals surface area contributed by atoms with Crippen molar-refractivity contribution in [3.63, 3.8) is 0 Å². The number of aliphatic hydroxyl groups excluding tert-OH is 1. The third-order valence-electron chi connectivity index (χ3n) is 1.71. The van der Waals surface area contributed by atoms with E-state index in [0.29, 0.717) is 11.1 Å². The summed E-state index contributed by atoms with van der Waals surface area (Å²) in [5, 5.41) is 9.29. The van der Waals surface area contributed by atoms with Crippen LogP contribution in [0.1, 0.15) is 17.2 Å². The third kappa shape index (κ3) is 2.80. The molecule has 0 aromatic heterocycles. The SMILES string of the molecule is C#CC(O)c1ccc(C(Cl)(Cl)Cl)cc1. The molecule has 1 rings (SSSR count). The lowest BCUT2D eigenvalue weighted by molar-refractivity contribution is 0.238. The molecule has 0 saturated carbocycles. The van der Waals surface area contributed by atoms with Gasteiger partial charge in [-0.05, 0) is 5.56 Å². The van der Waals surface area contributed by atoms with Gasteiger partial charge >= 0.3 is 0 Å². The third-order valence-corrected chi connectivity index (χ3v) is 2.37. The van der Waals surface area contributed by atoms with Crippen LogP contribution in [0.25, 0.3) is 0 Å². The zero-order chi connectivity index (χ0) is 10.8. The van der Waals surface area contributed by atoms with Crippen LogP contribution in [-0.4, -0.2) is 5.11 Å². The Bertz CT molecular complexity index is 345. The summed E-state index contributed by atoms with van der Waals surface area (Å²) in [6, 6.07) is 6.48. The molecule has 14 heavy (non-hydrogen) atoms. The topological polar surface area (TPSA) is 20.2 Å². The first-order valence-corrected chi connectivity index (χ1v) is 4.90. The fraction of sp³-hybridized carbons (Fsp3) is 0.200. The lowest BCUT2D eigenvalue weighted by Crippen LogP contribution is -2.01. The number of aliphatic hydroxyl groups is 1. The minimum Gasteiger partial charge on any atom is -0.376 e. The fourth-order valence-corrected chi connectivity index (χ4v) is 1.33. The van der Waals surface area contributed by atoms with E-state index in [1.165, 1.54) is 0 Å². The van der Waals surface area contributed by atoms with Crippen LogP contribution in [-0.2, 0) is 3.79 Å². The Hall–Kier alpha value is -0.390. The Morgan fingerprint density at radius 3 is 2.07 bits per heavy atom. The summed E-state index contributed by atoms with van der Waals surface area (Å²) >= 11 is 17.0. The van der Waals surface area contributed by atoms with Crippen molar-refractivity contribution in [1.82, 2.24) is 0 Å². The number of terminal acetylenes is 1. The van der Waals surface area contributed by atoms with Crippen LogP contribution in [0.5, 0.6) is 0 Å². The summed E-state index contributed by atoms with van der Waals surface area (Å²) in [5.74, 6) is 2.20. The van der Waals surface area contributed by atoms with Crippen molar-refractivity contribution < 1.29 is 5.11 Å². The first-order valence-electron chi connectivity index (χ1n) is 3.76. The molecular formula is C10H7Cl3O. The van der Waals surface area contributed by atoms with Crippen LogP contribution in [0, 0.1) is 12.3 Å². The van der Waals surface area contributed by atoms with E-state index in [0.717, 1.165) is 0 Å². The van der Waals surface area contributed by atoms with Gasteiger partial charge in [0.2, 0.25) is 3.79 Å². The molecule has 1 unspecified atom stereocenters. The molecule has 0 saturated heterocycles. The monoisotopic (exact) mass is 248 g/mol. The molecule has 1 aromatic rings. The van der Waals surface area contributed by atoms with E-state index in [4.69, 9.17) is 41.2 Å². The number of hydrogen-bond donors (Lipinski definition) is 1. The highest BCUT2D eigenvalue weighted by molar-refractivity contribution is 6.66. The van der Waals surface area contributed by atoms with Crippen molar-refractivity contribution in [3.05, 3.63) is 35.4 Å². The molecule has 1 aromatic carbocycles. The smallest absolute Gasteiger partial charge is 0.216 e. The van der Waals surface area contributed by atoms with Crippen LogP contribution in [0.15, 0.2) is 24.3 Å². The summed E-state index contributed by atoms with van der Waals surface area (Å²) in [6.45, 7) is 0. The fourth-order valence-electron chi connectivity index (χ4n) is 0.951. The molecule has 0 aliphatic heterocycles. The van der Waals surface area contributed by atoms with Crippen molar-refractivity contribution in [2.45, 2.75) is 9.90 Å². The van der Waals surface area contributed by atoms with Gasteiger partial charge in [-0.1, -0.05) is 65.0 Å². The van der Waals surface area contributed by atoms with E-state index >= 15 is 0 Å². The van der Waals surface area contributed by atoms with E-state index in [2.05, 4.69) is 5.92 Å². The molecule has 0 radical (unpaired) electrons. The number of alkyl halides is 3.